The van der Waals surface area contributed by atoms with E-state index in [-0.39, 0.29) is 6.42 Å². The van der Waals surface area contributed by atoms with E-state index >= 15 is 0 Å². The standard InChI is InChI=1S/C16H25NO6S/c1-4-5-6-11(14(20)21)17-24(22,23)9-16-8-7-10(15(16,2)3)12(18)13(16)19/h10-11,17H,4-9H2,1-3H3,(H,20,21)/t10-,11?,16-/m1/s1. The second-order valence-corrected chi connectivity index (χ2v) is 9.25. The van der Waals surface area contributed by atoms with E-state index in [9.17, 15) is 27.9 Å². The molecule has 2 N–H and O–H groups in total. The number of hydrogen-bond acceptors (Lipinski definition) is 5. The average Bonchev–Trinajstić information content (AvgIpc) is 2.78. The summed E-state index contributed by atoms with van der Waals surface area (Å²) in [7, 11) is -4.01. The number of ketones is 2. The molecule has 2 fully saturated rings. The minimum atomic E-state index is -4.01. The number of carbonyl (C=O) groups is 3. The van der Waals surface area contributed by atoms with Crippen molar-refractivity contribution in [2.45, 2.75) is 58.9 Å². The van der Waals surface area contributed by atoms with Crippen molar-refractivity contribution in [1.82, 2.24) is 4.72 Å². The Hall–Kier alpha value is -1.28. The maximum atomic E-state index is 12.5. The zero-order valence-corrected chi connectivity index (χ0v) is 15.1. The van der Waals surface area contributed by atoms with E-state index in [0.29, 0.717) is 19.3 Å². The molecule has 0 heterocycles. The van der Waals surface area contributed by atoms with Crippen LogP contribution >= 0.6 is 0 Å². The second kappa shape index (κ2) is 6.22. The topological polar surface area (TPSA) is 118 Å². The average molecular weight is 359 g/mol. The molecule has 136 valence electrons. The molecule has 7 nitrogen and oxygen atoms in total. The molecule has 0 amide bonds. The van der Waals surface area contributed by atoms with Gasteiger partial charge in [-0.2, -0.15) is 0 Å². The maximum absolute atomic E-state index is 12.5. The molecular formula is C16H25NO6S. The summed E-state index contributed by atoms with van der Waals surface area (Å²) in [4.78, 5) is 35.8. The first-order valence-electron chi connectivity index (χ1n) is 8.30. The predicted molar refractivity (Wildman–Crippen MR) is 86.8 cm³/mol. The summed E-state index contributed by atoms with van der Waals surface area (Å²) in [6.45, 7) is 5.40. The largest absolute Gasteiger partial charge is 0.480 e. The zero-order chi connectivity index (χ0) is 18.3. The number of hydrogen-bond donors (Lipinski definition) is 2. The lowest BCUT2D eigenvalue weighted by molar-refractivity contribution is -0.141. The Labute approximate surface area is 142 Å². The second-order valence-electron chi connectivity index (χ2n) is 7.50. The number of unbranched alkanes of at least 4 members (excludes halogenated alkanes) is 1. The van der Waals surface area contributed by atoms with Crippen LogP contribution in [0.15, 0.2) is 0 Å². The number of aliphatic carboxylic acids is 1. The molecule has 0 aliphatic heterocycles. The van der Waals surface area contributed by atoms with Gasteiger partial charge in [-0.25, -0.2) is 13.1 Å². The van der Waals surface area contributed by atoms with Gasteiger partial charge < -0.3 is 5.11 Å². The van der Waals surface area contributed by atoms with Gasteiger partial charge >= 0.3 is 5.97 Å². The van der Waals surface area contributed by atoms with E-state index in [1.54, 1.807) is 13.8 Å². The summed E-state index contributed by atoms with van der Waals surface area (Å²) >= 11 is 0. The van der Waals surface area contributed by atoms with Crippen LogP contribution in [0.5, 0.6) is 0 Å². The van der Waals surface area contributed by atoms with Gasteiger partial charge in [0.25, 0.3) is 0 Å². The molecule has 3 atom stereocenters. The molecule has 2 aliphatic carbocycles. The van der Waals surface area contributed by atoms with Gasteiger partial charge in [-0.15, -0.1) is 0 Å². The lowest BCUT2D eigenvalue weighted by atomic mass is 9.70. The lowest BCUT2D eigenvalue weighted by Gasteiger charge is -2.35. The summed E-state index contributed by atoms with van der Waals surface area (Å²) in [5.74, 6) is -3.29. The Bertz CT molecular complexity index is 668. The summed E-state index contributed by atoms with van der Waals surface area (Å²) in [5, 5.41) is 9.20. The number of carbonyl (C=O) groups excluding carboxylic acids is 2. The van der Waals surface area contributed by atoms with E-state index in [2.05, 4.69) is 4.72 Å². The number of nitrogens with one attached hydrogen (secondary N) is 1. The predicted octanol–water partition coefficient (Wildman–Crippen LogP) is 1.12. The summed E-state index contributed by atoms with van der Waals surface area (Å²) < 4.78 is 27.3. The van der Waals surface area contributed by atoms with Crippen molar-refractivity contribution < 1.29 is 27.9 Å². The fourth-order valence-electron chi connectivity index (χ4n) is 4.21. The van der Waals surface area contributed by atoms with Gasteiger partial charge in [0, 0.05) is 5.92 Å². The number of carboxylic acids is 1. The van der Waals surface area contributed by atoms with Crippen molar-refractivity contribution in [2.75, 3.05) is 5.75 Å². The van der Waals surface area contributed by atoms with Crippen molar-refractivity contribution in [3.05, 3.63) is 0 Å². The van der Waals surface area contributed by atoms with Crippen molar-refractivity contribution in [3.8, 4) is 0 Å². The first-order valence-corrected chi connectivity index (χ1v) is 9.95. The molecule has 2 rings (SSSR count). The SMILES string of the molecule is CCCCC(NS(=O)(=O)C[C@]12CC[C@H](C(=O)C1=O)C2(C)C)C(=O)O. The summed E-state index contributed by atoms with van der Waals surface area (Å²) in [5.41, 5.74) is -1.97. The van der Waals surface area contributed by atoms with Crippen molar-refractivity contribution in [2.24, 2.45) is 16.7 Å². The van der Waals surface area contributed by atoms with Crippen LogP contribution in [0.25, 0.3) is 0 Å². The fourth-order valence-corrected chi connectivity index (χ4v) is 6.25. The first-order chi connectivity index (χ1) is 11.0. The van der Waals surface area contributed by atoms with Gasteiger partial charge in [0.05, 0.1) is 11.2 Å². The highest BCUT2D eigenvalue weighted by Crippen LogP contribution is 2.62. The van der Waals surface area contributed by atoms with Crippen molar-refractivity contribution >= 4 is 27.6 Å². The Balaban J connectivity index is 2.24. The smallest absolute Gasteiger partial charge is 0.321 e. The normalized spacial score (nSPS) is 29.9. The van der Waals surface area contributed by atoms with Crippen LogP contribution in [0.2, 0.25) is 0 Å². The molecule has 0 spiro atoms. The number of carboxylic acid groups (broad SMARTS) is 1. The lowest BCUT2D eigenvalue weighted by Crippen LogP contribution is -2.49. The number of rotatable bonds is 8. The number of sulfonamides is 1. The Kier molecular flexibility index (Phi) is 4.94. The van der Waals surface area contributed by atoms with Crippen LogP contribution in [-0.4, -0.2) is 42.9 Å². The highest BCUT2D eigenvalue weighted by Gasteiger charge is 2.69. The molecule has 24 heavy (non-hydrogen) atoms. The van der Waals surface area contributed by atoms with E-state index in [1.807, 2.05) is 6.92 Å². The third-order valence-corrected chi connectivity index (χ3v) is 7.36. The van der Waals surface area contributed by atoms with E-state index in [0.717, 1.165) is 6.42 Å². The van der Waals surface area contributed by atoms with Gasteiger partial charge in [-0.3, -0.25) is 14.4 Å². The van der Waals surface area contributed by atoms with Crippen molar-refractivity contribution in [3.63, 3.8) is 0 Å². The van der Waals surface area contributed by atoms with Gasteiger partial charge in [0.1, 0.15) is 6.04 Å². The third-order valence-electron chi connectivity index (χ3n) is 5.84. The minimum absolute atomic E-state index is 0.191. The highest BCUT2D eigenvalue weighted by atomic mass is 32.2. The molecular weight excluding hydrogens is 334 g/mol. The van der Waals surface area contributed by atoms with E-state index < -0.39 is 56.1 Å². The van der Waals surface area contributed by atoms with E-state index in [4.69, 9.17) is 0 Å². The number of fused-ring (bicyclic) bond motifs is 2. The van der Waals surface area contributed by atoms with Gasteiger partial charge in [0.15, 0.2) is 0 Å². The molecule has 0 radical (unpaired) electrons. The Morgan fingerprint density at radius 2 is 2.00 bits per heavy atom. The van der Waals surface area contributed by atoms with Crippen LogP contribution in [0.4, 0.5) is 0 Å². The van der Waals surface area contributed by atoms with Crippen molar-refractivity contribution in [1.29, 1.82) is 0 Å². The number of Topliss-reactive ketones (excluding diaryl/α,β-unsaturated/α-hetero) is 2. The monoisotopic (exact) mass is 359 g/mol. The Morgan fingerprint density at radius 1 is 1.38 bits per heavy atom. The molecule has 2 aliphatic rings. The minimum Gasteiger partial charge on any atom is -0.480 e. The molecule has 0 aromatic carbocycles. The van der Waals surface area contributed by atoms with E-state index in [1.165, 1.54) is 0 Å². The first kappa shape index (κ1) is 19.1. The van der Waals surface area contributed by atoms with Crippen LogP contribution in [-0.2, 0) is 24.4 Å². The quantitative estimate of drug-likeness (QED) is 0.627. The molecule has 8 heteroatoms. The molecule has 0 saturated heterocycles. The van der Waals surface area contributed by atoms with Gasteiger partial charge in [0.2, 0.25) is 21.6 Å². The molecule has 0 aromatic heterocycles. The molecule has 2 saturated carbocycles. The van der Waals surface area contributed by atoms with Crippen LogP contribution in [0, 0.1) is 16.7 Å². The summed E-state index contributed by atoms with van der Waals surface area (Å²) in [6, 6.07) is -1.21. The maximum Gasteiger partial charge on any atom is 0.321 e. The fraction of sp³-hybridized carbons (Fsp3) is 0.812. The Morgan fingerprint density at radius 3 is 2.46 bits per heavy atom. The third kappa shape index (κ3) is 2.90. The van der Waals surface area contributed by atoms with Gasteiger partial charge in [-0.05, 0) is 24.7 Å². The van der Waals surface area contributed by atoms with Gasteiger partial charge in [-0.1, -0.05) is 33.6 Å². The highest BCUT2D eigenvalue weighted by molar-refractivity contribution is 7.89. The van der Waals surface area contributed by atoms with Crippen LogP contribution in [0.3, 0.4) is 0 Å². The molecule has 0 aromatic rings. The summed E-state index contributed by atoms with van der Waals surface area (Å²) in [6.07, 6.45) is 2.37. The van der Waals surface area contributed by atoms with Crippen LogP contribution in [0.1, 0.15) is 52.9 Å². The molecule has 1 unspecified atom stereocenters. The van der Waals surface area contributed by atoms with Crippen LogP contribution < -0.4 is 4.72 Å². The zero-order valence-electron chi connectivity index (χ0n) is 14.3. The molecule has 2 bridgehead atoms.